The van der Waals surface area contributed by atoms with Crippen molar-refractivity contribution in [2.45, 2.75) is 60.0 Å². The van der Waals surface area contributed by atoms with Crippen LogP contribution >= 0.6 is 11.3 Å². The van der Waals surface area contributed by atoms with E-state index < -0.39 is 0 Å². The summed E-state index contributed by atoms with van der Waals surface area (Å²) in [6.45, 7) is 12.2. The van der Waals surface area contributed by atoms with Crippen LogP contribution in [-0.4, -0.2) is 34.8 Å². The summed E-state index contributed by atoms with van der Waals surface area (Å²) in [5.41, 5.74) is 3.03. The molecule has 1 aromatic heterocycles. The van der Waals surface area contributed by atoms with Crippen LogP contribution < -0.4 is 5.32 Å². The first-order valence-corrected chi connectivity index (χ1v) is 13.6. The van der Waals surface area contributed by atoms with Gasteiger partial charge in [-0.05, 0) is 54.2 Å². The molecule has 1 heterocycles. The number of rotatable bonds is 11. The number of hydrogen-bond acceptors (Lipinski definition) is 3. The van der Waals surface area contributed by atoms with E-state index in [-0.39, 0.29) is 24.4 Å². The molecular weight excluding hydrogens is 466 g/mol. The zero-order valence-electron chi connectivity index (χ0n) is 22.2. The third kappa shape index (κ3) is 8.23. The molecule has 1 unspecified atom stereocenters. The molecule has 0 aliphatic heterocycles. The Balaban J connectivity index is 1.77. The Morgan fingerprint density at radius 2 is 1.58 bits per heavy atom. The van der Waals surface area contributed by atoms with Gasteiger partial charge in [-0.25, -0.2) is 4.79 Å². The van der Waals surface area contributed by atoms with E-state index >= 15 is 0 Å². The normalized spacial score (nSPS) is 11.8. The molecule has 5 nitrogen and oxygen atoms in total. The topological polar surface area (TPSA) is 52.7 Å². The summed E-state index contributed by atoms with van der Waals surface area (Å²) >= 11 is 1.70. The van der Waals surface area contributed by atoms with E-state index in [1.807, 2.05) is 59.5 Å². The first kappa shape index (κ1) is 27.5. The molecule has 36 heavy (non-hydrogen) atoms. The lowest BCUT2D eigenvalue weighted by Crippen LogP contribution is -2.45. The summed E-state index contributed by atoms with van der Waals surface area (Å²) in [5.74, 6) is 0.657. The third-order valence-electron chi connectivity index (χ3n) is 6.38. The molecule has 0 aliphatic carbocycles. The largest absolute Gasteiger partial charge is 0.332 e. The van der Waals surface area contributed by atoms with Gasteiger partial charge in [0.25, 0.3) is 0 Å². The fourth-order valence-electron chi connectivity index (χ4n) is 3.94. The molecule has 0 bridgehead atoms. The predicted octanol–water partition coefficient (Wildman–Crippen LogP) is 7.29. The SMILES string of the molecule is CCC(C)CN(CC(=O)N(Cc1ccccc1)Cc1ccc(C)s1)C(=O)Nc1ccc(C(C)C)cc1. The lowest BCUT2D eigenvalue weighted by molar-refractivity contribution is -0.133. The first-order valence-electron chi connectivity index (χ1n) is 12.8. The van der Waals surface area contributed by atoms with Crippen LogP contribution in [0.1, 0.15) is 60.9 Å². The van der Waals surface area contributed by atoms with E-state index in [0.29, 0.717) is 25.6 Å². The molecule has 0 radical (unpaired) electrons. The van der Waals surface area contributed by atoms with Gasteiger partial charge in [-0.1, -0.05) is 76.6 Å². The summed E-state index contributed by atoms with van der Waals surface area (Å²) < 4.78 is 0. The molecule has 0 spiro atoms. The van der Waals surface area contributed by atoms with Gasteiger partial charge in [0, 0.05) is 28.5 Å². The molecule has 192 valence electrons. The van der Waals surface area contributed by atoms with Gasteiger partial charge in [0.05, 0.1) is 6.54 Å². The zero-order chi connectivity index (χ0) is 26.1. The average Bonchev–Trinajstić information content (AvgIpc) is 3.28. The maximum absolute atomic E-state index is 13.6. The second kappa shape index (κ2) is 13.3. The van der Waals surface area contributed by atoms with Crippen molar-refractivity contribution in [3.05, 3.63) is 87.6 Å². The van der Waals surface area contributed by atoms with Gasteiger partial charge in [-0.2, -0.15) is 0 Å². The molecule has 3 rings (SSSR count). The number of urea groups is 1. The predicted molar refractivity (Wildman–Crippen MR) is 150 cm³/mol. The first-order chi connectivity index (χ1) is 17.2. The quantitative estimate of drug-likeness (QED) is 0.297. The Morgan fingerprint density at radius 3 is 2.17 bits per heavy atom. The van der Waals surface area contributed by atoms with Crippen LogP contribution in [0.2, 0.25) is 0 Å². The third-order valence-corrected chi connectivity index (χ3v) is 7.37. The van der Waals surface area contributed by atoms with Crippen LogP contribution in [0.3, 0.4) is 0 Å². The minimum atomic E-state index is -0.243. The highest BCUT2D eigenvalue weighted by Gasteiger charge is 2.23. The molecule has 3 amide bonds. The number of anilines is 1. The number of carbonyl (C=O) groups is 2. The van der Waals surface area contributed by atoms with Gasteiger partial charge in [-0.3, -0.25) is 4.79 Å². The van der Waals surface area contributed by atoms with Crippen molar-refractivity contribution in [2.24, 2.45) is 5.92 Å². The Morgan fingerprint density at radius 1 is 0.889 bits per heavy atom. The van der Waals surface area contributed by atoms with Crippen LogP contribution in [-0.2, 0) is 17.9 Å². The van der Waals surface area contributed by atoms with Gasteiger partial charge in [-0.15, -0.1) is 11.3 Å². The maximum Gasteiger partial charge on any atom is 0.322 e. The van der Waals surface area contributed by atoms with Crippen molar-refractivity contribution in [3.8, 4) is 0 Å². The molecule has 1 atom stereocenters. The number of benzene rings is 2. The van der Waals surface area contributed by atoms with E-state index in [9.17, 15) is 9.59 Å². The molecule has 1 N–H and O–H groups in total. The Bertz CT molecular complexity index is 1110. The Kier molecular flexibility index (Phi) is 10.1. The lowest BCUT2D eigenvalue weighted by atomic mass is 10.0. The van der Waals surface area contributed by atoms with Crippen LogP contribution in [0, 0.1) is 12.8 Å². The Hall–Kier alpha value is -3.12. The highest BCUT2D eigenvalue weighted by molar-refractivity contribution is 7.11. The van der Waals surface area contributed by atoms with E-state index in [4.69, 9.17) is 0 Å². The smallest absolute Gasteiger partial charge is 0.322 e. The molecule has 3 aromatic rings. The van der Waals surface area contributed by atoms with E-state index in [1.54, 1.807) is 16.2 Å². The van der Waals surface area contributed by atoms with Crippen molar-refractivity contribution >= 4 is 29.0 Å². The second-order valence-corrected chi connectivity index (χ2v) is 11.2. The molecular formula is C30H39N3O2S. The standard InChI is InChI=1S/C30H39N3O2S/c1-6-23(4)18-33(30(35)31-27-15-13-26(14-16-27)22(2)3)21-29(34)32(19-25-10-8-7-9-11-25)20-28-17-12-24(5)36-28/h7-17,22-23H,6,18-21H2,1-5H3,(H,31,35). The van der Waals surface area contributed by atoms with E-state index in [1.165, 1.54) is 10.4 Å². The fourth-order valence-corrected chi connectivity index (χ4v) is 4.84. The number of thiophene rings is 1. The zero-order valence-corrected chi connectivity index (χ0v) is 23.0. The Labute approximate surface area is 220 Å². The fraction of sp³-hybridized carbons (Fsp3) is 0.400. The number of nitrogens with one attached hydrogen (secondary N) is 1. The number of carbonyl (C=O) groups excluding carboxylic acids is 2. The van der Waals surface area contributed by atoms with Gasteiger partial charge in [0.1, 0.15) is 6.54 Å². The van der Waals surface area contributed by atoms with Crippen molar-refractivity contribution in [3.63, 3.8) is 0 Å². The lowest BCUT2D eigenvalue weighted by Gasteiger charge is -2.29. The van der Waals surface area contributed by atoms with Gasteiger partial charge < -0.3 is 15.1 Å². The van der Waals surface area contributed by atoms with Crippen molar-refractivity contribution in [1.82, 2.24) is 9.80 Å². The number of hydrogen-bond donors (Lipinski definition) is 1. The molecule has 2 aromatic carbocycles. The van der Waals surface area contributed by atoms with Crippen LogP contribution in [0.4, 0.5) is 10.5 Å². The highest BCUT2D eigenvalue weighted by Crippen LogP contribution is 2.20. The highest BCUT2D eigenvalue weighted by atomic mass is 32.1. The monoisotopic (exact) mass is 505 g/mol. The molecule has 0 fully saturated rings. The van der Waals surface area contributed by atoms with E-state index in [2.05, 4.69) is 52.1 Å². The van der Waals surface area contributed by atoms with Gasteiger partial charge in [0.2, 0.25) is 5.91 Å². The number of amides is 3. The maximum atomic E-state index is 13.6. The van der Waals surface area contributed by atoms with Crippen LogP contribution in [0.5, 0.6) is 0 Å². The van der Waals surface area contributed by atoms with Crippen molar-refractivity contribution < 1.29 is 9.59 Å². The van der Waals surface area contributed by atoms with Gasteiger partial charge >= 0.3 is 6.03 Å². The van der Waals surface area contributed by atoms with Crippen LogP contribution in [0.15, 0.2) is 66.7 Å². The van der Waals surface area contributed by atoms with E-state index in [0.717, 1.165) is 22.5 Å². The molecule has 0 aliphatic rings. The van der Waals surface area contributed by atoms with Crippen molar-refractivity contribution in [1.29, 1.82) is 0 Å². The second-order valence-electron chi connectivity index (χ2n) is 9.85. The average molecular weight is 506 g/mol. The number of aryl methyl sites for hydroxylation is 1. The summed E-state index contributed by atoms with van der Waals surface area (Å²) in [6, 6.07) is 21.9. The van der Waals surface area contributed by atoms with Crippen molar-refractivity contribution in [2.75, 3.05) is 18.4 Å². The summed E-state index contributed by atoms with van der Waals surface area (Å²) in [4.78, 5) is 32.8. The number of nitrogens with zero attached hydrogens (tertiary/aromatic N) is 2. The molecule has 0 saturated heterocycles. The molecule has 0 saturated carbocycles. The molecule has 6 heteroatoms. The minimum absolute atomic E-state index is 0.0391. The summed E-state index contributed by atoms with van der Waals surface area (Å²) in [6.07, 6.45) is 0.934. The summed E-state index contributed by atoms with van der Waals surface area (Å²) in [5, 5.41) is 3.00. The minimum Gasteiger partial charge on any atom is -0.332 e. The summed E-state index contributed by atoms with van der Waals surface area (Å²) in [7, 11) is 0. The van der Waals surface area contributed by atoms with Crippen LogP contribution in [0.25, 0.3) is 0 Å². The van der Waals surface area contributed by atoms with Gasteiger partial charge in [0.15, 0.2) is 0 Å².